The fourth-order valence-electron chi connectivity index (χ4n) is 4.49. The number of nitrogens with one attached hydrogen (secondary N) is 1. The highest BCUT2D eigenvalue weighted by molar-refractivity contribution is 5.97. The Balaban J connectivity index is 1.57. The number of rotatable bonds is 5. The first-order valence-electron chi connectivity index (χ1n) is 10.4. The first-order valence-corrected chi connectivity index (χ1v) is 10.4. The number of aromatic nitrogens is 1. The van der Waals surface area contributed by atoms with Gasteiger partial charge in [-0.25, -0.2) is 4.39 Å². The number of carbonyl (C=O) groups is 2. The molecule has 1 aromatic heterocycles. The number of benzene rings is 1. The minimum absolute atomic E-state index is 0.00877. The van der Waals surface area contributed by atoms with Crippen molar-refractivity contribution in [3.63, 3.8) is 0 Å². The maximum atomic E-state index is 13.3. The van der Waals surface area contributed by atoms with E-state index < -0.39 is 6.04 Å². The molecule has 4 rings (SSSR count). The van der Waals surface area contributed by atoms with Gasteiger partial charge in [-0.05, 0) is 49.4 Å². The zero-order valence-electron chi connectivity index (χ0n) is 16.6. The van der Waals surface area contributed by atoms with Gasteiger partial charge in [0.05, 0.1) is 0 Å². The largest absolute Gasteiger partial charge is 0.355 e. The predicted octanol–water partition coefficient (Wildman–Crippen LogP) is 3.78. The van der Waals surface area contributed by atoms with Crippen LogP contribution < -0.4 is 5.32 Å². The van der Waals surface area contributed by atoms with Crippen LogP contribution in [-0.2, 0) is 4.79 Å². The van der Waals surface area contributed by atoms with Gasteiger partial charge in [-0.1, -0.05) is 31.3 Å². The minimum Gasteiger partial charge on any atom is -0.355 e. The van der Waals surface area contributed by atoms with Gasteiger partial charge in [-0.3, -0.25) is 9.59 Å². The molecule has 1 aliphatic carbocycles. The van der Waals surface area contributed by atoms with E-state index in [0.29, 0.717) is 30.2 Å². The topological polar surface area (TPSA) is 75.4 Å². The molecule has 2 amide bonds. The third kappa shape index (κ3) is 4.04. The molecule has 7 heteroatoms. The molecule has 2 atom stereocenters. The van der Waals surface area contributed by atoms with Crippen LogP contribution in [0.25, 0.3) is 11.3 Å². The van der Waals surface area contributed by atoms with Crippen molar-refractivity contribution in [1.29, 1.82) is 0 Å². The van der Waals surface area contributed by atoms with Crippen molar-refractivity contribution in [2.75, 3.05) is 6.54 Å². The average Bonchev–Trinajstić information content (AvgIpc) is 3.42. The summed E-state index contributed by atoms with van der Waals surface area (Å²) in [6.45, 7) is 2.50. The molecule has 2 aromatic rings. The maximum Gasteiger partial charge on any atom is 0.276 e. The Morgan fingerprint density at radius 2 is 2.00 bits per heavy atom. The van der Waals surface area contributed by atoms with E-state index in [1.165, 1.54) is 25.0 Å². The molecule has 0 spiro atoms. The molecular weight excluding hydrogens is 373 g/mol. The summed E-state index contributed by atoms with van der Waals surface area (Å²) < 4.78 is 18.5. The third-order valence-corrected chi connectivity index (χ3v) is 6.05. The number of piperazine rings is 1. The monoisotopic (exact) mass is 399 g/mol. The molecule has 0 radical (unpaired) electrons. The Kier molecular flexibility index (Phi) is 5.65. The number of hydrogen-bond donors (Lipinski definition) is 1. The number of nitrogens with zero attached hydrogens (tertiary/aromatic N) is 2. The van der Waals surface area contributed by atoms with Gasteiger partial charge in [-0.15, -0.1) is 0 Å². The van der Waals surface area contributed by atoms with Crippen molar-refractivity contribution in [2.24, 2.45) is 5.92 Å². The summed E-state index contributed by atoms with van der Waals surface area (Å²) in [5, 5.41) is 7.09. The summed E-state index contributed by atoms with van der Waals surface area (Å²) >= 11 is 0. The Morgan fingerprint density at radius 1 is 1.28 bits per heavy atom. The van der Waals surface area contributed by atoms with Crippen molar-refractivity contribution in [3.8, 4) is 11.3 Å². The Hall–Kier alpha value is -2.70. The molecule has 2 heterocycles. The zero-order chi connectivity index (χ0) is 20.4. The van der Waals surface area contributed by atoms with Crippen LogP contribution in [0.15, 0.2) is 34.9 Å². The Morgan fingerprint density at radius 3 is 2.69 bits per heavy atom. The van der Waals surface area contributed by atoms with Gasteiger partial charge in [0.2, 0.25) is 5.91 Å². The molecule has 154 valence electrons. The average molecular weight is 399 g/mol. The quantitative estimate of drug-likeness (QED) is 0.830. The predicted molar refractivity (Wildman–Crippen MR) is 106 cm³/mol. The van der Waals surface area contributed by atoms with Crippen LogP contribution in [0.2, 0.25) is 0 Å². The summed E-state index contributed by atoms with van der Waals surface area (Å²) in [6.07, 6.45) is 5.93. The normalized spacial score (nSPS) is 22.7. The van der Waals surface area contributed by atoms with Crippen LogP contribution >= 0.6 is 0 Å². The molecule has 1 saturated heterocycles. The smallest absolute Gasteiger partial charge is 0.276 e. The van der Waals surface area contributed by atoms with Gasteiger partial charge < -0.3 is 14.7 Å². The molecule has 1 aromatic carbocycles. The van der Waals surface area contributed by atoms with Gasteiger partial charge in [-0.2, -0.15) is 0 Å². The summed E-state index contributed by atoms with van der Waals surface area (Å²) in [6, 6.07) is 6.88. The number of carbonyl (C=O) groups excluding carboxylic acids is 2. The van der Waals surface area contributed by atoms with E-state index in [9.17, 15) is 14.0 Å². The molecule has 2 unspecified atom stereocenters. The highest BCUT2D eigenvalue weighted by Gasteiger charge is 2.41. The molecule has 2 aliphatic rings. The van der Waals surface area contributed by atoms with E-state index >= 15 is 0 Å². The lowest BCUT2D eigenvalue weighted by Crippen LogP contribution is -2.63. The SMILES string of the molecule is CCCC1C(=O)NC(C2CCCC2)CN1C(=O)c1cc(-c2ccc(F)cc2)on1. The zero-order valence-corrected chi connectivity index (χ0v) is 16.6. The van der Waals surface area contributed by atoms with Crippen molar-refractivity contribution in [1.82, 2.24) is 15.4 Å². The third-order valence-electron chi connectivity index (χ3n) is 6.05. The first kappa shape index (κ1) is 19.6. The van der Waals surface area contributed by atoms with Crippen LogP contribution in [0, 0.1) is 11.7 Å². The van der Waals surface area contributed by atoms with Gasteiger partial charge in [0, 0.05) is 24.2 Å². The van der Waals surface area contributed by atoms with E-state index in [-0.39, 0.29) is 29.4 Å². The first-order chi connectivity index (χ1) is 14.1. The van der Waals surface area contributed by atoms with Crippen molar-refractivity contribution >= 4 is 11.8 Å². The lowest BCUT2D eigenvalue weighted by atomic mass is 9.93. The second-order valence-corrected chi connectivity index (χ2v) is 8.00. The second kappa shape index (κ2) is 8.35. The highest BCUT2D eigenvalue weighted by atomic mass is 19.1. The maximum absolute atomic E-state index is 13.3. The Bertz CT molecular complexity index is 874. The van der Waals surface area contributed by atoms with Gasteiger partial charge >= 0.3 is 0 Å². The van der Waals surface area contributed by atoms with E-state index in [1.807, 2.05) is 6.92 Å². The van der Waals surface area contributed by atoms with Crippen LogP contribution in [0.5, 0.6) is 0 Å². The van der Waals surface area contributed by atoms with Crippen LogP contribution in [-0.4, -0.2) is 40.5 Å². The molecule has 0 bridgehead atoms. The van der Waals surface area contributed by atoms with E-state index in [2.05, 4.69) is 10.5 Å². The minimum atomic E-state index is -0.490. The lowest BCUT2D eigenvalue weighted by molar-refractivity contribution is -0.130. The van der Waals surface area contributed by atoms with E-state index in [4.69, 9.17) is 4.52 Å². The van der Waals surface area contributed by atoms with E-state index in [1.54, 1.807) is 23.1 Å². The second-order valence-electron chi connectivity index (χ2n) is 8.00. The van der Waals surface area contributed by atoms with Crippen LogP contribution in [0.3, 0.4) is 0 Å². The van der Waals surface area contributed by atoms with Gasteiger partial charge in [0.15, 0.2) is 11.5 Å². The molecule has 1 aliphatic heterocycles. The van der Waals surface area contributed by atoms with Gasteiger partial charge in [0.1, 0.15) is 11.9 Å². The summed E-state index contributed by atoms with van der Waals surface area (Å²) in [7, 11) is 0. The Labute approximate surface area is 169 Å². The van der Waals surface area contributed by atoms with Crippen molar-refractivity contribution in [3.05, 3.63) is 41.8 Å². The molecule has 6 nitrogen and oxygen atoms in total. The molecular formula is C22H26FN3O3. The molecule has 1 saturated carbocycles. The summed E-state index contributed by atoms with van der Waals surface area (Å²) in [4.78, 5) is 27.7. The van der Waals surface area contributed by atoms with Gasteiger partial charge in [0.25, 0.3) is 5.91 Å². The summed E-state index contributed by atoms with van der Waals surface area (Å²) in [5.74, 6) is 0.103. The number of hydrogen-bond acceptors (Lipinski definition) is 4. The molecule has 29 heavy (non-hydrogen) atoms. The van der Waals surface area contributed by atoms with Crippen molar-refractivity contribution < 1.29 is 18.5 Å². The van der Waals surface area contributed by atoms with Crippen LogP contribution in [0.4, 0.5) is 4.39 Å². The van der Waals surface area contributed by atoms with Crippen LogP contribution in [0.1, 0.15) is 55.9 Å². The fourth-order valence-corrected chi connectivity index (χ4v) is 4.49. The summed E-state index contributed by atoms with van der Waals surface area (Å²) in [5.41, 5.74) is 0.813. The standard InChI is InChI=1S/C22H26FN3O3/c1-2-5-19-21(27)24-18(14-6-3-4-7-14)13-26(19)22(28)17-12-20(29-25-17)15-8-10-16(23)11-9-15/h8-12,14,18-19H,2-7,13H2,1H3,(H,24,27). The highest BCUT2D eigenvalue weighted by Crippen LogP contribution is 2.31. The fraction of sp³-hybridized carbons (Fsp3) is 0.500. The van der Waals surface area contributed by atoms with E-state index in [0.717, 1.165) is 19.3 Å². The number of amides is 2. The lowest BCUT2D eigenvalue weighted by Gasteiger charge is -2.41. The molecule has 2 fully saturated rings. The molecule has 1 N–H and O–H groups in total. The number of halogens is 1. The van der Waals surface area contributed by atoms with Crippen molar-refractivity contribution in [2.45, 2.75) is 57.5 Å².